The summed E-state index contributed by atoms with van der Waals surface area (Å²) in [5, 5.41) is 5.15. The number of urea groups is 1. The standard InChI is InChI=1S/C11H18N4O3/c12-11(18)13-6-9(16)15-5-1-2-8(15)10(17)14-7-3-4-7/h7-8H,1-6H2,(H,14,17)(H3,12,13,18)/t8-/m0/s1. The van der Waals surface area contributed by atoms with Crippen LogP contribution in [0.3, 0.4) is 0 Å². The molecule has 0 radical (unpaired) electrons. The molecule has 0 spiro atoms. The number of hydrogen-bond donors (Lipinski definition) is 3. The van der Waals surface area contributed by atoms with E-state index in [4.69, 9.17) is 5.73 Å². The molecule has 1 aliphatic carbocycles. The summed E-state index contributed by atoms with van der Waals surface area (Å²) in [6.07, 6.45) is 3.54. The highest BCUT2D eigenvalue weighted by Crippen LogP contribution is 2.22. The second kappa shape index (κ2) is 5.24. The van der Waals surface area contributed by atoms with Gasteiger partial charge in [-0.3, -0.25) is 9.59 Å². The number of likely N-dealkylation sites (tertiary alicyclic amines) is 1. The van der Waals surface area contributed by atoms with Crippen LogP contribution in [0, 0.1) is 0 Å². The molecule has 1 saturated carbocycles. The van der Waals surface area contributed by atoms with Gasteiger partial charge in [-0.2, -0.15) is 0 Å². The highest BCUT2D eigenvalue weighted by atomic mass is 16.2. The van der Waals surface area contributed by atoms with Crippen molar-refractivity contribution in [3.63, 3.8) is 0 Å². The molecule has 1 heterocycles. The zero-order valence-corrected chi connectivity index (χ0v) is 10.1. The number of nitrogens with zero attached hydrogens (tertiary/aromatic N) is 1. The summed E-state index contributed by atoms with van der Waals surface area (Å²) in [5.74, 6) is -0.343. The van der Waals surface area contributed by atoms with Gasteiger partial charge in [-0.15, -0.1) is 0 Å². The van der Waals surface area contributed by atoms with Crippen LogP contribution < -0.4 is 16.4 Å². The average molecular weight is 254 g/mol. The molecule has 2 aliphatic rings. The molecule has 100 valence electrons. The van der Waals surface area contributed by atoms with Crippen molar-refractivity contribution < 1.29 is 14.4 Å². The Morgan fingerprint density at radius 1 is 1.22 bits per heavy atom. The van der Waals surface area contributed by atoms with Gasteiger partial charge in [-0.1, -0.05) is 0 Å². The van der Waals surface area contributed by atoms with Gasteiger partial charge in [0.1, 0.15) is 6.04 Å². The summed E-state index contributed by atoms with van der Waals surface area (Å²) >= 11 is 0. The van der Waals surface area contributed by atoms with Crippen LogP contribution in [0.2, 0.25) is 0 Å². The van der Waals surface area contributed by atoms with Crippen LogP contribution in [0.25, 0.3) is 0 Å². The summed E-state index contributed by atoms with van der Waals surface area (Å²) in [4.78, 5) is 35.8. The number of carbonyl (C=O) groups excluding carboxylic acids is 3. The van der Waals surface area contributed by atoms with Gasteiger partial charge in [-0.05, 0) is 25.7 Å². The van der Waals surface area contributed by atoms with E-state index in [9.17, 15) is 14.4 Å². The van der Waals surface area contributed by atoms with E-state index < -0.39 is 12.1 Å². The molecule has 1 saturated heterocycles. The predicted octanol–water partition coefficient (Wildman–Crippen LogP) is -1.08. The first-order valence-electron chi connectivity index (χ1n) is 6.21. The number of primary amides is 1. The van der Waals surface area contributed by atoms with Crippen LogP contribution in [-0.4, -0.2) is 47.9 Å². The fourth-order valence-corrected chi connectivity index (χ4v) is 2.13. The molecular formula is C11H18N4O3. The lowest BCUT2D eigenvalue weighted by Crippen LogP contribution is -2.49. The quantitative estimate of drug-likeness (QED) is 0.594. The Balaban J connectivity index is 1.87. The minimum absolute atomic E-state index is 0.0811. The first kappa shape index (κ1) is 12.7. The molecule has 2 rings (SSSR count). The monoisotopic (exact) mass is 254 g/mol. The van der Waals surface area contributed by atoms with E-state index in [-0.39, 0.29) is 18.4 Å². The fraction of sp³-hybridized carbons (Fsp3) is 0.727. The SMILES string of the molecule is NC(=O)NCC(=O)N1CCC[C@H]1C(=O)NC1CC1. The number of nitrogens with one attached hydrogen (secondary N) is 2. The molecule has 1 aliphatic heterocycles. The van der Waals surface area contributed by atoms with E-state index in [1.54, 1.807) is 0 Å². The summed E-state index contributed by atoms with van der Waals surface area (Å²) in [6.45, 7) is 0.407. The maximum atomic E-state index is 11.9. The third-order valence-corrected chi connectivity index (χ3v) is 3.21. The first-order chi connectivity index (χ1) is 8.58. The molecule has 4 amide bonds. The lowest BCUT2D eigenvalue weighted by molar-refractivity contribution is -0.137. The van der Waals surface area contributed by atoms with Crippen molar-refractivity contribution in [2.24, 2.45) is 5.73 Å². The number of amides is 4. The molecular weight excluding hydrogens is 236 g/mol. The minimum atomic E-state index is -0.735. The van der Waals surface area contributed by atoms with Crippen molar-refractivity contribution in [1.82, 2.24) is 15.5 Å². The second-order valence-electron chi connectivity index (χ2n) is 4.75. The van der Waals surface area contributed by atoms with Gasteiger partial charge in [-0.25, -0.2) is 4.79 Å². The number of nitrogens with two attached hydrogens (primary N) is 1. The smallest absolute Gasteiger partial charge is 0.312 e. The summed E-state index contributed by atoms with van der Waals surface area (Å²) in [6, 6.07) is -0.840. The lowest BCUT2D eigenvalue weighted by atomic mass is 10.2. The molecule has 0 bridgehead atoms. The molecule has 2 fully saturated rings. The molecule has 18 heavy (non-hydrogen) atoms. The van der Waals surface area contributed by atoms with Crippen LogP contribution >= 0.6 is 0 Å². The Kier molecular flexibility index (Phi) is 3.69. The third kappa shape index (κ3) is 3.12. The largest absolute Gasteiger partial charge is 0.352 e. The van der Waals surface area contributed by atoms with E-state index in [0.717, 1.165) is 19.3 Å². The Bertz CT molecular complexity index is 367. The van der Waals surface area contributed by atoms with Crippen LogP contribution in [-0.2, 0) is 9.59 Å². The highest BCUT2D eigenvalue weighted by Gasteiger charge is 2.36. The van der Waals surface area contributed by atoms with Crippen molar-refractivity contribution in [1.29, 1.82) is 0 Å². The van der Waals surface area contributed by atoms with Crippen LogP contribution in [0.5, 0.6) is 0 Å². The van der Waals surface area contributed by atoms with Crippen LogP contribution in [0.1, 0.15) is 25.7 Å². The predicted molar refractivity (Wildman–Crippen MR) is 63.5 cm³/mol. The van der Waals surface area contributed by atoms with Gasteiger partial charge >= 0.3 is 6.03 Å². The van der Waals surface area contributed by atoms with Crippen molar-refractivity contribution >= 4 is 17.8 Å². The number of carbonyl (C=O) groups is 3. The van der Waals surface area contributed by atoms with Gasteiger partial charge in [0.05, 0.1) is 6.54 Å². The number of rotatable bonds is 4. The van der Waals surface area contributed by atoms with Crippen molar-refractivity contribution in [3.05, 3.63) is 0 Å². The average Bonchev–Trinajstić information content (AvgIpc) is 2.98. The van der Waals surface area contributed by atoms with E-state index >= 15 is 0 Å². The fourth-order valence-electron chi connectivity index (χ4n) is 2.13. The summed E-state index contributed by atoms with van der Waals surface area (Å²) in [7, 11) is 0. The van der Waals surface area contributed by atoms with E-state index in [0.29, 0.717) is 19.0 Å². The lowest BCUT2D eigenvalue weighted by Gasteiger charge is -2.23. The van der Waals surface area contributed by atoms with Crippen LogP contribution in [0.4, 0.5) is 4.79 Å². The first-order valence-corrected chi connectivity index (χ1v) is 6.21. The Hall–Kier alpha value is -1.79. The Morgan fingerprint density at radius 2 is 1.94 bits per heavy atom. The molecule has 0 aromatic carbocycles. The number of hydrogen-bond acceptors (Lipinski definition) is 3. The molecule has 4 N–H and O–H groups in total. The van der Waals surface area contributed by atoms with Gasteiger partial charge < -0.3 is 21.3 Å². The van der Waals surface area contributed by atoms with Gasteiger partial charge in [0.2, 0.25) is 11.8 Å². The van der Waals surface area contributed by atoms with E-state index in [2.05, 4.69) is 10.6 Å². The minimum Gasteiger partial charge on any atom is -0.352 e. The topological polar surface area (TPSA) is 105 Å². The summed E-state index contributed by atoms with van der Waals surface area (Å²) < 4.78 is 0. The van der Waals surface area contributed by atoms with Gasteiger partial charge in [0.25, 0.3) is 0 Å². The Morgan fingerprint density at radius 3 is 2.56 bits per heavy atom. The Labute approximate surface area is 105 Å². The third-order valence-electron chi connectivity index (χ3n) is 3.21. The molecule has 0 aromatic rings. The zero-order valence-electron chi connectivity index (χ0n) is 10.1. The van der Waals surface area contributed by atoms with Crippen molar-refractivity contribution in [2.45, 2.75) is 37.8 Å². The van der Waals surface area contributed by atoms with E-state index in [1.165, 1.54) is 4.90 Å². The molecule has 0 unspecified atom stereocenters. The highest BCUT2D eigenvalue weighted by molar-refractivity contribution is 5.90. The second-order valence-corrected chi connectivity index (χ2v) is 4.75. The molecule has 1 atom stereocenters. The van der Waals surface area contributed by atoms with Gasteiger partial charge in [0.15, 0.2) is 0 Å². The van der Waals surface area contributed by atoms with Crippen molar-refractivity contribution in [2.75, 3.05) is 13.1 Å². The maximum absolute atomic E-state index is 11.9. The molecule has 7 nitrogen and oxygen atoms in total. The van der Waals surface area contributed by atoms with Crippen LogP contribution in [0.15, 0.2) is 0 Å². The molecule has 0 aromatic heterocycles. The molecule has 7 heteroatoms. The van der Waals surface area contributed by atoms with Crippen molar-refractivity contribution in [3.8, 4) is 0 Å². The maximum Gasteiger partial charge on any atom is 0.312 e. The summed E-state index contributed by atoms with van der Waals surface area (Å²) in [5.41, 5.74) is 4.91. The van der Waals surface area contributed by atoms with Gasteiger partial charge in [0, 0.05) is 12.6 Å². The zero-order chi connectivity index (χ0) is 13.1. The normalized spacial score (nSPS) is 22.7. The van der Waals surface area contributed by atoms with E-state index in [1.807, 2.05) is 0 Å².